The number of aryl methyl sites for hydroxylation is 2. The number of rotatable bonds is 5. The second kappa shape index (κ2) is 5.94. The molecule has 0 aliphatic heterocycles. The van der Waals surface area contributed by atoms with Gasteiger partial charge >= 0.3 is 0 Å². The molecule has 0 fully saturated rings. The summed E-state index contributed by atoms with van der Waals surface area (Å²) in [6, 6.07) is 1.76. The van der Waals surface area contributed by atoms with Crippen LogP contribution >= 0.6 is 22.9 Å². The molecule has 6 nitrogen and oxygen atoms in total. The van der Waals surface area contributed by atoms with Gasteiger partial charge in [-0.1, -0.05) is 11.6 Å². The summed E-state index contributed by atoms with van der Waals surface area (Å²) in [6.45, 7) is 0. The lowest BCUT2D eigenvalue weighted by Gasteiger charge is -2.04. The minimum absolute atomic E-state index is 0.0347. The lowest BCUT2D eigenvalue weighted by molar-refractivity contribution is -0.119. The molecule has 0 saturated carbocycles. The Morgan fingerprint density at radius 2 is 2.30 bits per heavy atom. The van der Waals surface area contributed by atoms with E-state index in [0.717, 1.165) is 4.88 Å². The van der Waals surface area contributed by atoms with Gasteiger partial charge < -0.3 is 0 Å². The van der Waals surface area contributed by atoms with Gasteiger partial charge in [0.05, 0.1) is 11.2 Å². The molecule has 0 radical (unpaired) electrons. The molecule has 9 heteroatoms. The highest BCUT2D eigenvalue weighted by Gasteiger charge is 2.19. The third kappa shape index (κ3) is 3.81. The quantitative estimate of drug-likeness (QED) is 0.900. The molecule has 20 heavy (non-hydrogen) atoms. The monoisotopic (exact) mass is 333 g/mol. The minimum Gasteiger partial charge on any atom is -0.274 e. The molecule has 2 aromatic rings. The number of hydrogen-bond donors (Lipinski definition) is 1. The molecule has 2 aromatic heterocycles. The smallest absolute Gasteiger partial charge is 0.267 e. The van der Waals surface area contributed by atoms with Gasteiger partial charge in [0.1, 0.15) is 4.90 Å². The number of carbonyl (C=O) groups excluding carboxylic acids is 1. The number of thiophene rings is 1. The molecule has 1 N–H and O–H groups in total. The molecule has 0 bridgehead atoms. The third-order valence-corrected chi connectivity index (χ3v) is 5.13. The Hall–Kier alpha value is -1.38. The Bertz CT molecular complexity index is 721. The number of sulfonamides is 1. The Kier molecular flexibility index (Phi) is 4.46. The number of halogens is 1. The lowest BCUT2D eigenvalue weighted by Crippen LogP contribution is -2.30. The topological polar surface area (TPSA) is 81.1 Å². The summed E-state index contributed by atoms with van der Waals surface area (Å²) in [4.78, 5) is 12.6. The lowest BCUT2D eigenvalue weighted by atomic mass is 10.2. The largest absolute Gasteiger partial charge is 0.274 e. The Labute approximate surface area is 125 Å². The number of nitrogens with zero attached hydrogens (tertiary/aromatic N) is 2. The minimum atomic E-state index is -3.84. The SMILES string of the molecule is Cn1cc(S(=O)(=O)NC(=O)CCc2cc(Cl)cs2)cn1. The Morgan fingerprint density at radius 3 is 2.85 bits per heavy atom. The number of aromatic nitrogens is 2. The van der Waals surface area contributed by atoms with Crippen molar-refractivity contribution < 1.29 is 13.2 Å². The maximum atomic E-state index is 11.9. The highest BCUT2D eigenvalue weighted by atomic mass is 35.5. The summed E-state index contributed by atoms with van der Waals surface area (Å²) in [7, 11) is -2.24. The van der Waals surface area contributed by atoms with Crippen LogP contribution in [0.2, 0.25) is 5.02 Å². The van der Waals surface area contributed by atoms with Crippen molar-refractivity contribution in [3.05, 3.63) is 33.7 Å². The first kappa shape index (κ1) is 15.0. The molecule has 0 atom stereocenters. The highest BCUT2D eigenvalue weighted by Crippen LogP contribution is 2.20. The van der Waals surface area contributed by atoms with E-state index in [9.17, 15) is 13.2 Å². The van der Waals surface area contributed by atoms with Crippen molar-refractivity contribution in [3.63, 3.8) is 0 Å². The van der Waals surface area contributed by atoms with Crippen LogP contribution in [0.4, 0.5) is 0 Å². The van der Waals surface area contributed by atoms with E-state index < -0.39 is 15.9 Å². The van der Waals surface area contributed by atoms with Gasteiger partial charge in [0, 0.05) is 29.9 Å². The van der Waals surface area contributed by atoms with E-state index in [-0.39, 0.29) is 11.3 Å². The fourth-order valence-corrected chi connectivity index (χ4v) is 3.59. The summed E-state index contributed by atoms with van der Waals surface area (Å²) in [6.07, 6.45) is 3.05. The Balaban J connectivity index is 1.94. The molecular formula is C11H12ClN3O3S2. The van der Waals surface area contributed by atoms with Crippen LogP contribution in [0.3, 0.4) is 0 Å². The average Bonchev–Trinajstić information content (AvgIpc) is 2.95. The molecule has 2 rings (SSSR count). The fourth-order valence-electron chi connectivity index (χ4n) is 1.52. The number of hydrogen-bond acceptors (Lipinski definition) is 5. The van der Waals surface area contributed by atoms with Crippen molar-refractivity contribution in [1.82, 2.24) is 14.5 Å². The first-order valence-electron chi connectivity index (χ1n) is 5.64. The summed E-state index contributed by atoms with van der Waals surface area (Å²) in [5, 5.41) is 6.14. The number of nitrogens with one attached hydrogen (secondary N) is 1. The maximum absolute atomic E-state index is 11.9. The van der Waals surface area contributed by atoms with Crippen LogP contribution < -0.4 is 4.72 Å². The van der Waals surface area contributed by atoms with Gasteiger partial charge in [0.2, 0.25) is 5.91 Å². The molecule has 1 amide bonds. The van der Waals surface area contributed by atoms with Gasteiger partial charge in [-0.15, -0.1) is 11.3 Å². The van der Waals surface area contributed by atoms with Crippen LogP contribution in [-0.4, -0.2) is 24.1 Å². The number of carbonyl (C=O) groups is 1. The van der Waals surface area contributed by atoms with Gasteiger partial charge in [0.15, 0.2) is 0 Å². The van der Waals surface area contributed by atoms with Gasteiger partial charge in [-0.05, 0) is 12.5 Å². The number of amides is 1. The van der Waals surface area contributed by atoms with E-state index in [1.165, 1.54) is 28.4 Å². The summed E-state index contributed by atoms with van der Waals surface area (Å²) >= 11 is 7.20. The second-order valence-electron chi connectivity index (χ2n) is 4.11. The zero-order valence-electron chi connectivity index (χ0n) is 10.5. The zero-order valence-corrected chi connectivity index (χ0v) is 12.9. The molecule has 0 spiro atoms. The van der Waals surface area contributed by atoms with Crippen molar-refractivity contribution >= 4 is 38.9 Å². The van der Waals surface area contributed by atoms with Gasteiger partial charge in [-0.3, -0.25) is 9.48 Å². The van der Waals surface area contributed by atoms with Crippen LogP contribution in [-0.2, 0) is 28.3 Å². The molecule has 0 aromatic carbocycles. The van der Waals surface area contributed by atoms with Crippen LogP contribution in [0.5, 0.6) is 0 Å². The maximum Gasteiger partial charge on any atom is 0.267 e. The first-order chi connectivity index (χ1) is 9.37. The highest BCUT2D eigenvalue weighted by molar-refractivity contribution is 7.90. The second-order valence-corrected chi connectivity index (χ2v) is 7.22. The molecule has 0 unspecified atom stereocenters. The summed E-state index contributed by atoms with van der Waals surface area (Å²) < 4.78 is 27.1. The van der Waals surface area contributed by atoms with Crippen molar-refractivity contribution in [1.29, 1.82) is 0 Å². The van der Waals surface area contributed by atoms with Crippen LogP contribution in [0, 0.1) is 0 Å². The van der Waals surface area contributed by atoms with Gasteiger partial charge in [0.25, 0.3) is 10.0 Å². The van der Waals surface area contributed by atoms with E-state index in [2.05, 4.69) is 5.10 Å². The van der Waals surface area contributed by atoms with E-state index in [0.29, 0.717) is 11.4 Å². The van der Waals surface area contributed by atoms with Crippen molar-refractivity contribution in [2.75, 3.05) is 0 Å². The summed E-state index contributed by atoms with van der Waals surface area (Å²) in [5.41, 5.74) is 0. The molecule has 0 saturated heterocycles. The van der Waals surface area contributed by atoms with Crippen LogP contribution in [0.15, 0.2) is 28.7 Å². The van der Waals surface area contributed by atoms with E-state index in [1.807, 2.05) is 4.72 Å². The normalized spacial score (nSPS) is 11.5. The van der Waals surface area contributed by atoms with Crippen molar-refractivity contribution in [2.45, 2.75) is 17.7 Å². The van der Waals surface area contributed by atoms with Gasteiger partial charge in [-0.25, -0.2) is 13.1 Å². The molecule has 0 aliphatic rings. The van der Waals surface area contributed by atoms with E-state index in [4.69, 9.17) is 11.6 Å². The third-order valence-electron chi connectivity index (χ3n) is 2.46. The zero-order chi connectivity index (χ0) is 14.8. The van der Waals surface area contributed by atoms with Crippen molar-refractivity contribution in [3.8, 4) is 0 Å². The Morgan fingerprint density at radius 1 is 1.55 bits per heavy atom. The molecular weight excluding hydrogens is 322 g/mol. The molecule has 0 aliphatic carbocycles. The van der Waals surface area contributed by atoms with Gasteiger partial charge in [-0.2, -0.15) is 5.10 Å². The predicted molar refractivity (Wildman–Crippen MR) is 76.2 cm³/mol. The molecule has 2 heterocycles. The van der Waals surface area contributed by atoms with Crippen LogP contribution in [0.25, 0.3) is 0 Å². The van der Waals surface area contributed by atoms with E-state index >= 15 is 0 Å². The first-order valence-corrected chi connectivity index (χ1v) is 8.38. The van der Waals surface area contributed by atoms with E-state index in [1.54, 1.807) is 18.5 Å². The standard InChI is InChI=1S/C11H12ClN3O3S2/c1-15-6-10(5-13-15)20(17,18)14-11(16)3-2-9-4-8(12)7-19-9/h4-7H,2-3H2,1H3,(H,14,16). The fraction of sp³-hybridized carbons (Fsp3) is 0.273. The van der Waals surface area contributed by atoms with Crippen molar-refractivity contribution in [2.24, 2.45) is 7.05 Å². The predicted octanol–water partition coefficient (Wildman–Crippen LogP) is 1.57. The van der Waals surface area contributed by atoms with Crippen LogP contribution in [0.1, 0.15) is 11.3 Å². The summed E-state index contributed by atoms with van der Waals surface area (Å²) in [5.74, 6) is -0.557. The average molecular weight is 334 g/mol. The molecule has 108 valence electrons.